The highest BCUT2D eigenvalue weighted by Gasteiger charge is 2.50. The Balaban J connectivity index is 1.50. The predicted octanol–water partition coefficient (Wildman–Crippen LogP) is 1.11. The first kappa shape index (κ1) is 18.6. The van der Waals surface area contributed by atoms with Crippen molar-refractivity contribution in [2.24, 2.45) is 17.8 Å². The highest BCUT2D eigenvalue weighted by Crippen LogP contribution is 2.45. The molecular weight excluding hydrogens is 318 g/mol. The summed E-state index contributed by atoms with van der Waals surface area (Å²) in [5.74, 6) is 2.21. The number of ether oxygens (including phenoxy) is 1. The molecule has 0 aromatic carbocycles. The van der Waals surface area contributed by atoms with E-state index in [2.05, 4.69) is 17.1 Å². The number of nitrogens with zero attached hydrogens (tertiary/aromatic N) is 2. The van der Waals surface area contributed by atoms with Crippen LogP contribution in [0, 0.1) is 17.8 Å². The van der Waals surface area contributed by atoms with Gasteiger partial charge in [-0.3, -0.25) is 9.59 Å². The molecule has 3 fully saturated rings. The van der Waals surface area contributed by atoms with Gasteiger partial charge in [0.2, 0.25) is 11.8 Å². The Kier molecular flexibility index (Phi) is 6.00. The number of carbonyl (C=O) groups is 2. The Morgan fingerprint density at radius 2 is 2.04 bits per heavy atom. The average molecular weight is 351 g/mol. The minimum Gasteiger partial charge on any atom is -0.383 e. The van der Waals surface area contributed by atoms with Gasteiger partial charge in [-0.1, -0.05) is 6.92 Å². The van der Waals surface area contributed by atoms with E-state index in [0.717, 1.165) is 45.4 Å². The summed E-state index contributed by atoms with van der Waals surface area (Å²) >= 11 is 0. The van der Waals surface area contributed by atoms with E-state index in [1.54, 1.807) is 14.0 Å². The van der Waals surface area contributed by atoms with Gasteiger partial charge in [0.1, 0.15) is 0 Å². The zero-order valence-corrected chi connectivity index (χ0v) is 15.9. The van der Waals surface area contributed by atoms with E-state index in [-0.39, 0.29) is 5.91 Å². The van der Waals surface area contributed by atoms with Gasteiger partial charge in [-0.15, -0.1) is 0 Å². The lowest BCUT2D eigenvalue weighted by Gasteiger charge is -2.33. The number of fused-ring (bicyclic) bond motifs is 1. The Morgan fingerprint density at radius 1 is 1.32 bits per heavy atom. The van der Waals surface area contributed by atoms with Gasteiger partial charge in [-0.25, -0.2) is 0 Å². The second-order valence-electron chi connectivity index (χ2n) is 8.08. The predicted molar refractivity (Wildman–Crippen MR) is 96.0 cm³/mol. The van der Waals surface area contributed by atoms with Gasteiger partial charge in [-0.2, -0.15) is 0 Å². The zero-order valence-electron chi connectivity index (χ0n) is 15.9. The molecule has 0 spiro atoms. The van der Waals surface area contributed by atoms with E-state index in [1.807, 2.05) is 4.90 Å². The fourth-order valence-corrected chi connectivity index (χ4v) is 5.12. The quantitative estimate of drug-likeness (QED) is 0.779. The maximum absolute atomic E-state index is 12.4. The summed E-state index contributed by atoms with van der Waals surface area (Å²) in [5.41, 5.74) is 0. The van der Waals surface area contributed by atoms with Crippen LogP contribution in [0.3, 0.4) is 0 Å². The number of piperidine rings is 1. The van der Waals surface area contributed by atoms with Gasteiger partial charge in [0.25, 0.3) is 0 Å². The lowest BCUT2D eigenvalue weighted by Crippen LogP contribution is -2.46. The van der Waals surface area contributed by atoms with Crippen LogP contribution in [0.2, 0.25) is 0 Å². The fraction of sp³-hybridized carbons (Fsp3) is 0.895. The van der Waals surface area contributed by atoms with Crippen LogP contribution in [0.25, 0.3) is 0 Å². The molecule has 2 saturated heterocycles. The lowest BCUT2D eigenvalue weighted by molar-refractivity contribution is -0.130. The lowest BCUT2D eigenvalue weighted by atomic mass is 9.88. The van der Waals surface area contributed by atoms with E-state index in [1.165, 1.54) is 0 Å². The molecule has 1 aliphatic carbocycles. The Bertz CT molecular complexity index is 490. The Hall–Kier alpha value is -1.14. The van der Waals surface area contributed by atoms with Crippen molar-refractivity contribution in [2.45, 2.75) is 51.6 Å². The van der Waals surface area contributed by atoms with Crippen LogP contribution < -0.4 is 5.32 Å². The van der Waals surface area contributed by atoms with Crippen molar-refractivity contribution in [3.05, 3.63) is 0 Å². The molecule has 2 amide bonds. The standard InChI is InChI=1S/C19H33N3O3/c1-13-10-18-16(11-19(24)22(18)8-9-25-3)17(13)12-20-15-4-6-21(7-5-15)14(2)23/h13,15-18,20H,4-12H2,1-3H3/t13-,16-,17+,18+/m0/s1. The van der Waals surface area contributed by atoms with Gasteiger partial charge in [0.15, 0.2) is 0 Å². The second-order valence-corrected chi connectivity index (χ2v) is 8.08. The molecule has 1 saturated carbocycles. The summed E-state index contributed by atoms with van der Waals surface area (Å²) in [6, 6.07) is 0.910. The highest BCUT2D eigenvalue weighted by atomic mass is 16.5. The van der Waals surface area contributed by atoms with E-state index in [4.69, 9.17) is 4.74 Å². The summed E-state index contributed by atoms with van der Waals surface area (Å²) in [4.78, 5) is 27.8. The maximum atomic E-state index is 12.4. The Labute approximate surface area is 151 Å². The number of nitrogens with one attached hydrogen (secondary N) is 1. The van der Waals surface area contributed by atoms with Gasteiger partial charge in [0, 0.05) is 52.2 Å². The van der Waals surface area contributed by atoms with Crippen LogP contribution in [0.1, 0.15) is 39.5 Å². The molecule has 2 aliphatic heterocycles. The van der Waals surface area contributed by atoms with Crippen molar-refractivity contribution in [2.75, 3.05) is 39.9 Å². The molecule has 0 aromatic heterocycles. The summed E-state index contributed by atoms with van der Waals surface area (Å²) in [5, 5.41) is 3.75. The smallest absolute Gasteiger partial charge is 0.223 e. The third-order valence-electron chi connectivity index (χ3n) is 6.64. The van der Waals surface area contributed by atoms with E-state index >= 15 is 0 Å². The number of amides is 2. The van der Waals surface area contributed by atoms with E-state index in [0.29, 0.717) is 48.8 Å². The first-order chi connectivity index (χ1) is 12.0. The van der Waals surface area contributed by atoms with Crippen LogP contribution in [0.5, 0.6) is 0 Å². The largest absolute Gasteiger partial charge is 0.383 e. The molecule has 6 nitrogen and oxygen atoms in total. The van der Waals surface area contributed by atoms with Crippen LogP contribution in [0.4, 0.5) is 0 Å². The van der Waals surface area contributed by atoms with Gasteiger partial charge in [-0.05, 0) is 43.6 Å². The number of methoxy groups -OCH3 is 1. The summed E-state index contributed by atoms with van der Waals surface area (Å²) in [6.45, 7) is 8.07. The number of likely N-dealkylation sites (tertiary alicyclic amines) is 2. The van der Waals surface area contributed by atoms with Gasteiger partial charge in [0.05, 0.1) is 6.61 Å². The van der Waals surface area contributed by atoms with E-state index < -0.39 is 0 Å². The summed E-state index contributed by atoms with van der Waals surface area (Å²) in [6.07, 6.45) is 3.89. The molecule has 2 heterocycles. The number of carbonyl (C=O) groups excluding carboxylic acids is 2. The molecule has 0 radical (unpaired) electrons. The molecule has 0 unspecified atom stereocenters. The number of hydrogen-bond donors (Lipinski definition) is 1. The fourth-order valence-electron chi connectivity index (χ4n) is 5.12. The molecule has 142 valence electrons. The third-order valence-corrected chi connectivity index (χ3v) is 6.64. The van der Waals surface area contributed by atoms with Crippen molar-refractivity contribution >= 4 is 11.8 Å². The van der Waals surface area contributed by atoms with Crippen molar-refractivity contribution < 1.29 is 14.3 Å². The molecule has 4 atom stereocenters. The highest BCUT2D eigenvalue weighted by molar-refractivity contribution is 5.79. The zero-order chi connectivity index (χ0) is 18.0. The molecule has 0 aromatic rings. The first-order valence-corrected chi connectivity index (χ1v) is 9.78. The van der Waals surface area contributed by atoms with Crippen LogP contribution in [-0.4, -0.2) is 73.6 Å². The normalized spacial score (nSPS) is 33.2. The molecule has 6 heteroatoms. The van der Waals surface area contributed by atoms with Crippen LogP contribution in [0.15, 0.2) is 0 Å². The van der Waals surface area contributed by atoms with E-state index in [9.17, 15) is 9.59 Å². The monoisotopic (exact) mass is 351 g/mol. The molecular formula is C19H33N3O3. The molecule has 25 heavy (non-hydrogen) atoms. The number of rotatable bonds is 6. The number of hydrogen-bond acceptors (Lipinski definition) is 4. The Morgan fingerprint density at radius 3 is 2.68 bits per heavy atom. The minimum atomic E-state index is 0.186. The van der Waals surface area contributed by atoms with Crippen molar-refractivity contribution in [3.63, 3.8) is 0 Å². The average Bonchev–Trinajstić information content (AvgIpc) is 3.05. The second kappa shape index (κ2) is 8.04. The van der Waals surface area contributed by atoms with Crippen molar-refractivity contribution in [1.82, 2.24) is 15.1 Å². The molecule has 3 aliphatic rings. The van der Waals surface area contributed by atoms with Crippen molar-refractivity contribution in [1.29, 1.82) is 0 Å². The molecule has 1 N–H and O–H groups in total. The van der Waals surface area contributed by atoms with Gasteiger partial charge >= 0.3 is 0 Å². The van der Waals surface area contributed by atoms with Crippen LogP contribution in [-0.2, 0) is 14.3 Å². The summed E-state index contributed by atoms with van der Waals surface area (Å²) in [7, 11) is 1.69. The maximum Gasteiger partial charge on any atom is 0.223 e. The topological polar surface area (TPSA) is 61.9 Å². The summed E-state index contributed by atoms with van der Waals surface area (Å²) < 4.78 is 5.17. The van der Waals surface area contributed by atoms with Crippen LogP contribution >= 0.6 is 0 Å². The minimum absolute atomic E-state index is 0.186. The first-order valence-electron chi connectivity index (χ1n) is 9.78. The third kappa shape index (κ3) is 4.00. The SMILES string of the molecule is COCCN1C(=O)C[C@H]2[C@H](CNC3CCN(C(C)=O)CC3)[C@@H](C)C[C@H]21. The van der Waals surface area contributed by atoms with Crippen molar-refractivity contribution in [3.8, 4) is 0 Å². The molecule has 3 rings (SSSR count). The molecule has 0 bridgehead atoms. The van der Waals surface area contributed by atoms with Gasteiger partial charge < -0.3 is 19.9 Å².